The molecule has 5 nitrogen and oxygen atoms in total. The van der Waals surface area contributed by atoms with Crippen LogP contribution in [-0.4, -0.2) is 52.2 Å². The van der Waals surface area contributed by atoms with Gasteiger partial charge in [-0.05, 0) is 44.0 Å². The maximum Gasteiger partial charge on any atom is 0.393 e. The number of nitrogens with zero attached hydrogens (tertiary/aromatic N) is 4. The molecule has 0 amide bonds. The van der Waals surface area contributed by atoms with Gasteiger partial charge in [0.1, 0.15) is 17.0 Å². The highest BCUT2D eigenvalue weighted by Crippen LogP contribution is 2.34. The van der Waals surface area contributed by atoms with Crippen LogP contribution in [0, 0.1) is 0 Å². The van der Waals surface area contributed by atoms with Gasteiger partial charge < -0.3 is 9.88 Å². The van der Waals surface area contributed by atoms with E-state index in [4.69, 9.17) is 0 Å². The van der Waals surface area contributed by atoms with Gasteiger partial charge in [0.25, 0.3) is 0 Å². The fraction of sp³-hybridized carbons (Fsp3) is 0.500. The van der Waals surface area contributed by atoms with Crippen molar-refractivity contribution in [3.05, 3.63) is 41.3 Å². The molecule has 0 aromatic carbocycles. The fourth-order valence-electron chi connectivity index (χ4n) is 3.85. The van der Waals surface area contributed by atoms with Gasteiger partial charge in [0.15, 0.2) is 0 Å². The Morgan fingerprint density at radius 2 is 1.86 bits per heavy atom. The summed E-state index contributed by atoms with van der Waals surface area (Å²) in [6.45, 7) is 4.62. The number of fused-ring (bicyclic) bond motifs is 1. The molecule has 0 spiro atoms. The van der Waals surface area contributed by atoms with Crippen LogP contribution in [0.5, 0.6) is 0 Å². The summed E-state index contributed by atoms with van der Waals surface area (Å²) >= 11 is 1.11. The lowest BCUT2D eigenvalue weighted by atomic mass is 10.2. The number of thiophene rings is 1. The second kappa shape index (κ2) is 8.71. The normalized spacial score (nSPS) is 17.3. The number of anilines is 1. The predicted octanol–water partition coefficient (Wildman–Crippen LogP) is 4.62. The van der Waals surface area contributed by atoms with Crippen molar-refractivity contribution in [2.45, 2.75) is 38.4 Å². The van der Waals surface area contributed by atoms with E-state index in [2.05, 4.69) is 30.8 Å². The van der Waals surface area contributed by atoms with E-state index < -0.39 is 12.6 Å². The van der Waals surface area contributed by atoms with Crippen molar-refractivity contribution in [1.82, 2.24) is 19.9 Å². The van der Waals surface area contributed by atoms with Crippen LogP contribution in [0.3, 0.4) is 0 Å². The standard InChI is InChI=1S/C20H24F3N5S/c21-20(22,23)12-16-11-17-18(25-14-26-19(17)29-16)28-9-2-1-7-27(8-4-10-28)13-15-5-3-6-24-15/h3,5-6,11,14,24H,1-2,4,7-10,12-13H2. The van der Waals surface area contributed by atoms with Crippen LogP contribution in [-0.2, 0) is 13.0 Å². The molecule has 1 saturated heterocycles. The highest BCUT2D eigenvalue weighted by Gasteiger charge is 2.29. The van der Waals surface area contributed by atoms with Crippen LogP contribution < -0.4 is 4.90 Å². The van der Waals surface area contributed by atoms with E-state index >= 15 is 0 Å². The average molecular weight is 424 g/mol. The summed E-state index contributed by atoms with van der Waals surface area (Å²) in [6, 6.07) is 5.74. The first kappa shape index (κ1) is 20.2. The van der Waals surface area contributed by atoms with Gasteiger partial charge in [-0.25, -0.2) is 9.97 Å². The van der Waals surface area contributed by atoms with Gasteiger partial charge in [0.05, 0.1) is 11.8 Å². The van der Waals surface area contributed by atoms with Crippen molar-refractivity contribution in [2.24, 2.45) is 0 Å². The molecular formula is C20H24F3N5S. The van der Waals surface area contributed by atoms with Crippen molar-refractivity contribution in [3.63, 3.8) is 0 Å². The van der Waals surface area contributed by atoms with Gasteiger partial charge >= 0.3 is 6.18 Å². The molecule has 1 aliphatic heterocycles. The van der Waals surface area contributed by atoms with E-state index in [0.717, 1.165) is 74.5 Å². The zero-order valence-electron chi connectivity index (χ0n) is 16.1. The number of hydrogen-bond donors (Lipinski definition) is 1. The summed E-state index contributed by atoms with van der Waals surface area (Å²) in [5, 5.41) is 0.735. The zero-order chi connectivity index (χ0) is 20.3. The third-order valence-electron chi connectivity index (χ3n) is 5.14. The Kier molecular flexibility index (Phi) is 6.05. The lowest BCUT2D eigenvalue weighted by Gasteiger charge is -2.24. The van der Waals surface area contributed by atoms with Crippen molar-refractivity contribution in [3.8, 4) is 0 Å². The highest BCUT2D eigenvalue weighted by molar-refractivity contribution is 7.18. The third-order valence-corrected chi connectivity index (χ3v) is 6.19. The SMILES string of the molecule is FC(F)(F)Cc1cc2c(N3CCCCN(Cc4ccc[nH]4)CCC3)ncnc2s1. The Morgan fingerprint density at radius 3 is 2.66 bits per heavy atom. The number of H-pyrrole nitrogens is 1. The smallest absolute Gasteiger partial charge is 0.364 e. The maximum absolute atomic E-state index is 12.8. The molecule has 0 aliphatic carbocycles. The molecule has 29 heavy (non-hydrogen) atoms. The quantitative estimate of drug-likeness (QED) is 0.665. The number of rotatable bonds is 4. The Morgan fingerprint density at radius 1 is 1.07 bits per heavy atom. The Hall–Kier alpha value is -2.13. The third kappa shape index (κ3) is 5.27. The minimum Gasteiger partial charge on any atom is -0.364 e. The molecular weight excluding hydrogens is 399 g/mol. The molecule has 1 fully saturated rings. The van der Waals surface area contributed by atoms with Crippen molar-refractivity contribution < 1.29 is 13.2 Å². The topological polar surface area (TPSA) is 48.0 Å². The molecule has 0 saturated carbocycles. The van der Waals surface area contributed by atoms with Crippen molar-refractivity contribution in [2.75, 3.05) is 31.1 Å². The molecule has 0 bridgehead atoms. The minimum atomic E-state index is -4.21. The molecule has 9 heteroatoms. The summed E-state index contributed by atoms with van der Waals surface area (Å²) in [7, 11) is 0. The minimum absolute atomic E-state index is 0.288. The lowest BCUT2D eigenvalue weighted by molar-refractivity contribution is -0.126. The van der Waals surface area contributed by atoms with Crippen LogP contribution in [0.25, 0.3) is 10.2 Å². The van der Waals surface area contributed by atoms with E-state index in [1.165, 1.54) is 12.0 Å². The highest BCUT2D eigenvalue weighted by atomic mass is 32.1. The van der Waals surface area contributed by atoms with Crippen molar-refractivity contribution >= 4 is 27.4 Å². The molecule has 0 radical (unpaired) electrons. The van der Waals surface area contributed by atoms with Gasteiger partial charge in [0, 0.05) is 42.9 Å². The van der Waals surface area contributed by atoms with Crippen LogP contribution in [0.2, 0.25) is 0 Å². The lowest BCUT2D eigenvalue weighted by Crippen LogP contribution is -2.29. The number of nitrogens with one attached hydrogen (secondary N) is 1. The van der Waals surface area contributed by atoms with Crippen molar-refractivity contribution in [1.29, 1.82) is 0 Å². The number of aromatic nitrogens is 3. The van der Waals surface area contributed by atoms with E-state index in [0.29, 0.717) is 4.83 Å². The van der Waals surface area contributed by atoms with Crippen LogP contribution >= 0.6 is 11.3 Å². The van der Waals surface area contributed by atoms with Gasteiger partial charge in [0.2, 0.25) is 0 Å². The molecule has 0 unspecified atom stereocenters. The van der Waals surface area contributed by atoms with Crippen LogP contribution in [0.4, 0.5) is 19.0 Å². The average Bonchev–Trinajstić information content (AvgIpc) is 3.31. The maximum atomic E-state index is 12.8. The fourth-order valence-corrected chi connectivity index (χ4v) is 4.87. The Labute approximate surface area is 171 Å². The number of hydrogen-bond acceptors (Lipinski definition) is 5. The molecule has 3 aromatic heterocycles. The van der Waals surface area contributed by atoms with Gasteiger partial charge in [-0.3, -0.25) is 4.90 Å². The summed E-state index contributed by atoms with van der Waals surface area (Å²) in [6.07, 6.45) is 1.36. The first-order valence-corrected chi connectivity index (χ1v) is 10.7. The van der Waals surface area contributed by atoms with Gasteiger partial charge in [-0.2, -0.15) is 13.2 Å². The summed E-state index contributed by atoms with van der Waals surface area (Å²) < 4.78 is 38.4. The molecule has 1 aliphatic rings. The van der Waals surface area contributed by atoms with Crippen LogP contribution in [0.1, 0.15) is 29.8 Å². The first-order chi connectivity index (χ1) is 14.0. The summed E-state index contributed by atoms with van der Waals surface area (Å²) in [5.74, 6) is 0.762. The Balaban J connectivity index is 1.48. The molecule has 156 valence electrons. The zero-order valence-corrected chi connectivity index (χ0v) is 16.9. The van der Waals surface area contributed by atoms with E-state index in [-0.39, 0.29) is 4.88 Å². The number of aromatic amines is 1. The molecule has 0 atom stereocenters. The first-order valence-electron chi connectivity index (χ1n) is 9.88. The van der Waals surface area contributed by atoms with E-state index in [1.807, 2.05) is 12.3 Å². The summed E-state index contributed by atoms with van der Waals surface area (Å²) in [5.41, 5.74) is 1.22. The number of halogens is 3. The predicted molar refractivity (Wildman–Crippen MR) is 109 cm³/mol. The Bertz CT molecular complexity index is 922. The largest absolute Gasteiger partial charge is 0.393 e. The van der Waals surface area contributed by atoms with Gasteiger partial charge in [-0.15, -0.1) is 11.3 Å². The van der Waals surface area contributed by atoms with E-state index in [9.17, 15) is 13.2 Å². The molecule has 3 aromatic rings. The molecule has 4 rings (SSSR count). The second-order valence-corrected chi connectivity index (χ2v) is 8.56. The van der Waals surface area contributed by atoms with E-state index in [1.54, 1.807) is 6.07 Å². The van der Waals surface area contributed by atoms with Gasteiger partial charge in [-0.1, -0.05) is 0 Å². The molecule has 1 N–H and O–H groups in total. The van der Waals surface area contributed by atoms with Crippen LogP contribution in [0.15, 0.2) is 30.7 Å². The number of alkyl halides is 3. The summed E-state index contributed by atoms with van der Waals surface area (Å²) in [4.78, 5) is 17.5. The monoisotopic (exact) mass is 423 g/mol. The molecule has 4 heterocycles. The second-order valence-electron chi connectivity index (χ2n) is 7.44.